The molecular weight excluding hydrogens is 342 g/mol. The third-order valence-electron chi connectivity index (χ3n) is 3.96. The number of methoxy groups -OCH3 is 1. The van der Waals surface area contributed by atoms with Gasteiger partial charge in [0.15, 0.2) is 11.0 Å². The molecule has 0 spiro atoms. The fourth-order valence-electron chi connectivity index (χ4n) is 2.50. The van der Waals surface area contributed by atoms with Gasteiger partial charge >= 0.3 is 0 Å². The Balaban J connectivity index is 1.57. The van der Waals surface area contributed by atoms with Crippen molar-refractivity contribution in [2.75, 3.05) is 7.11 Å². The van der Waals surface area contributed by atoms with Crippen molar-refractivity contribution in [1.29, 1.82) is 0 Å². The first-order chi connectivity index (χ1) is 11.8. The van der Waals surface area contributed by atoms with E-state index in [4.69, 9.17) is 4.74 Å². The quantitative estimate of drug-likeness (QED) is 0.625. The second-order valence-corrected chi connectivity index (χ2v) is 7.43. The standard InChI is InChI=1S/C16H17N5OS2/c1-10-14(24-20-17-10)15-18-19-16(21(15)12-5-6-12)23-9-11-3-7-13(22-2)8-4-11/h3-4,7-8,12H,5-6,9H2,1-2H3. The Hall–Kier alpha value is -1.93. The maximum Gasteiger partial charge on any atom is 0.192 e. The smallest absolute Gasteiger partial charge is 0.192 e. The molecule has 0 radical (unpaired) electrons. The van der Waals surface area contributed by atoms with Gasteiger partial charge in [-0.1, -0.05) is 28.4 Å². The Bertz CT molecular complexity index is 839. The predicted molar refractivity (Wildman–Crippen MR) is 94.5 cm³/mol. The van der Waals surface area contributed by atoms with Crippen molar-refractivity contribution in [3.8, 4) is 16.5 Å². The lowest BCUT2D eigenvalue weighted by Gasteiger charge is -2.08. The molecule has 0 N–H and O–H groups in total. The molecular formula is C16H17N5OS2. The minimum Gasteiger partial charge on any atom is -0.497 e. The molecule has 1 fully saturated rings. The molecule has 3 aromatic rings. The van der Waals surface area contributed by atoms with Gasteiger partial charge < -0.3 is 4.74 Å². The summed E-state index contributed by atoms with van der Waals surface area (Å²) in [7, 11) is 1.68. The van der Waals surface area contributed by atoms with Crippen LogP contribution in [0.3, 0.4) is 0 Å². The molecule has 1 aliphatic carbocycles. The molecule has 4 rings (SSSR count). The Morgan fingerprint density at radius 2 is 2.00 bits per heavy atom. The predicted octanol–water partition coefficient (Wildman–Crippen LogP) is 3.74. The molecule has 0 atom stereocenters. The topological polar surface area (TPSA) is 65.7 Å². The zero-order valence-electron chi connectivity index (χ0n) is 13.5. The summed E-state index contributed by atoms with van der Waals surface area (Å²) in [5.74, 6) is 2.64. The number of thioether (sulfide) groups is 1. The summed E-state index contributed by atoms with van der Waals surface area (Å²) in [4.78, 5) is 1.02. The van der Waals surface area contributed by atoms with E-state index in [1.165, 1.54) is 29.9 Å². The summed E-state index contributed by atoms with van der Waals surface area (Å²) in [6.07, 6.45) is 2.37. The number of aryl methyl sites for hydroxylation is 1. The van der Waals surface area contributed by atoms with E-state index in [1.54, 1.807) is 18.9 Å². The summed E-state index contributed by atoms with van der Waals surface area (Å²) in [6.45, 7) is 1.97. The number of hydrogen-bond acceptors (Lipinski definition) is 7. The molecule has 0 saturated heterocycles. The molecule has 124 valence electrons. The largest absolute Gasteiger partial charge is 0.497 e. The molecule has 1 aliphatic rings. The highest BCUT2D eigenvalue weighted by molar-refractivity contribution is 7.98. The van der Waals surface area contributed by atoms with Gasteiger partial charge in [0.2, 0.25) is 0 Å². The van der Waals surface area contributed by atoms with Gasteiger partial charge in [-0.15, -0.1) is 15.3 Å². The van der Waals surface area contributed by atoms with E-state index in [-0.39, 0.29) is 0 Å². The third kappa shape index (κ3) is 3.03. The molecule has 24 heavy (non-hydrogen) atoms. The number of ether oxygens (including phenoxy) is 1. The van der Waals surface area contributed by atoms with Gasteiger partial charge in [-0.25, -0.2) is 0 Å². The first-order valence-electron chi connectivity index (χ1n) is 7.76. The molecule has 2 aromatic heterocycles. The molecule has 6 nitrogen and oxygen atoms in total. The van der Waals surface area contributed by atoms with E-state index in [9.17, 15) is 0 Å². The monoisotopic (exact) mass is 359 g/mol. The van der Waals surface area contributed by atoms with Crippen molar-refractivity contribution in [2.45, 2.75) is 36.7 Å². The molecule has 0 unspecified atom stereocenters. The second-order valence-electron chi connectivity index (χ2n) is 5.73. The maximum atomic E-state index is 5.20. The molecule has 0 aliphatic heterocycles. The number of aromatic nitrogens is 5. The van der Waals surface area contributed by atoms with Crippen LogP contribution in [0.5, 0.6) is 5.75 Å². The highest BCUT2D eigenvalue weighted by atomic mass is 32.2. The Labute approximate surface area is 148 Å². The highest BCUT2D eigenvalue weighted by Crippen LogP contribution is 2.42. The van der Waals surface area contributed by atoms with Gasteiger partial charge in [0, 0.05) is 11.8 Å². The van der Waals surface area contributed by atoms with Crippen LogP contribution in [-0.4, -0.2) is 31.5 Å². The number of hydrogen-bond donors (Lipinski definition) is 0. The van der Waals surface area contributed by atoms with Gasteiger partial charge in [-0.3, -0.25) is 4.57 Å². The average molecular weight is 359 g/mol. The van der Waals surface area contributed by atoms with Crippen LogP contribution in [0.1, 0.15) is 30.1 Å². The summed E-state index contributed by atoms with van der Waals surface area (Å²) in [6, 6.07) is 8.65. The van der Waals surface area contributed by atoms with Crippen LogP contribution < -0.4 is 4.74 Å². The van der Waals surface area contributed by atoms with Crippen molar-refractivity contribution in [3.05, 3.63) is 35.5 Å². The second kappa shape index (κ2) is 6.52. The SMILES string of the molecule is COc1ccc(CSc2nnc(-c3snnc3C)n2C2CC2)cc1. The fraction of sp³-hybridized carbons (Fsp3) is 0.375. The molecule has 8 heteroatoms. The van der Waals surface area contributed by atoms with Crippen LogP contribution in [0.2, 0.25) is 0 Å². The number of nitrogens with zero attached hydrogens (tertiary/aromatic N) is 5. The summed E-state index contributed by atoms with van der Waals surface area (Å²) in [5, 5.41) is 13.9. The summed E-state index contributed by atoms with van der Waals surface area (Å²) in [5.41, 5.74) is 2.16. The Morgan fingerprint density at radius 1 is 1.21 bits per heavy atom. The first-order valence-corrected chi connectivity index (χ1v) is 9.52. The third-order valence-corrected chi connectivity index (χ3v) is 5.80. The maximum absolute atomic E-state index is 5.20. The van der Waals surface area contributed by atoms with Crippen molar-refractivity contribution in [1.82, 2.24) is 24.4 Å². The number of benzene rings is 1. The fourth-order valence-corrected chi connectivity index (χ4v) is 4.10. The van der Waals surface area contributed by atoms with Gasteiger partial charge in [-0.2, -0.15) is 0 Å². The summed E-state index contributed by atoms with van der Waals surface area (Å²) < 4.78 is 11.5. The van der Waals surface area contributed by atoms with Crippen molar-refractivity contribution < 1.29 is 4.74 Å². The van der Waals surface area contributed by atoms with Crippen LogP contribution in [-0.2, 0) is 5.75 Å². The Morgan fingerprint density at radius 3 is 2.62 bits per heavy atom. The lowest BCUT2D eigenvalue weighted by atomic mass is 10.2. The van der Waals surface area contributed by atoms with E-state index in [0.717, 1.165) is 33.1 Å². The summed E-state index contributed by atoms with van der Waals surface area (Å²) >= 11 is 3.10. The van der Waals surface area contributed by atoms with E-state index in [2.05, 4.69) is 36.5 Å². The van der Waals surface area contributed by atoms with Crippen molar-refractivity contribution in [2.24, 2.45) is 0 Å². The Kier molecular flexibility index (Phi) is 4.24. The molecule has 1 aromatic carbocycles. The van der Waals surface area contributed by atoms with Crippen LogP contribution in [0.25, 0.3) is 10.7 Å². The van der Waals surface area contributed by atoms with Crippen LogP contribution in [0, 0.1) is 6.92 Å². The zero-order valence-corrected chi connectivity index (χ0v) is 15.1. The molecule has 0 bridgehead atoms. The first kappa shape index (κ1) is 15.6. The van der Waals surface area contributed by atoms with Gasteiger partial charge in [0.1, 0.15) is 10.6 Å². The lowest BCUT2D eigenvalue weighted by molar-refractivity contribution is 0.414. The lowest BCUT2D eigenvalue weighted by Crippen LogP contribution is -1.99. The zero-order chi connectivity index (χ0) is 16.5. The van der Waals surface area contributed by atoms with E-state index >= 15 is 0 Å². The van der Waals surface area contributed by atoms with Crippen LogP contribution >= 0.6 is 23.3 Å². The van der Waals surface area contributed by atoms with Gasteiger partial charge in [-0.05, 0) is 49.0 Å². The average Bonchev–Trinajstić information content (AvgIpc) is 3.23. The van der Waals surface area contributed by atoms with Gasteiger partial charge in [0.25, 0.3) is 0 Å². The van der Waals surface area contributed by atoms with E-state index in [1.807, 2.05) is 19.1 Å². The normalized spacial score (nSPS) is 14.1. The van der Waals surface area contributed by atoms with Crippen LogP contribution in [0.15, 0.2) is 29.4 Å². The molecule has 0 amide bonds. The minimum absolute atomic E-state index is 0.509. The number of rotatable bonds is 6. The van der Waals surface area contributed by atoms with Crippen LogP contribution in [0.4, 0.5) is 0 Å². The highest BCUT2D eigenvalue weighted by Gasteiger charge is 2.31. The minimum atomic E-state index is 0.509. The van der Waals surface area contributed by atoms with E-state index < -0.39 is 0 Å². The molecule has 2 heterocycles. The van der Waals surface area contributed by atoms with Crippen molar-refractivity contribution >= 4 is 23.3 Å². The van der Waals surface area contributed by atoms with E-state index in [0.29, 0.717) is 6.04 Å². The molecule has 1 saturated carbocycles. The van der Waals surface area contributed by atoms with Gasteiger partial charge in [0.05, 0.1) is 12.8 Å². The van der Waals surface area contributed by atoms with Crippen molar-refractivity contribution in [3.63, 3.8) is 0 Å².